The van der Waals surface area contributed by atoms with Crippen LogP contribution in [0.15, 0.2) is 22.6 Å². The minimum absolute atomic E-state index is 0.0455. The molecule has 2 aliphatic carbocycles. The second kappa shape index (κ2) is 9.82. The zero-order chi connectivity index (χ0) is 20.1. The lowest BCUT2D eigenvalue weighted by atomic mass is 9.89. The quantitative estimate of drug-likeness (QED) is 0.415. The Morgan fingerprint density at radius 3 is 2.70 bits per heavy atom. The number of hydrogen-bond donors (Lipinski definition) is 2. The molecule has 6 atom stereocenters. The van der Waals surface area contributed by atoms with Crippen LogP contribution in [0.1, 0.15) is 39.5 Å². The fraction of sp³-hybridized carbons (Fsp3) is 0.682. The van der Waals surface area contributed by atoms with Crippen molar-refractivity contribution in [2.24, 2.45) is 23.7 Å². The Kier molecular flexibility index (Phi) is 8.03. The van der Waals surface area contributed by atoms with Gasteiger partial charge in [0, 0.05) is 26.4 Å². The molecule has 0 aliphatic heterocycles. The van der Waals surface area contributed by atoms with E-state index in [0.717, 1.165) is 24.2 Å². The van der Waals surface area contributed by atoms with Crippen molar-refractivity contribution in [3.05, 3.63) is 22.6 Å². The molecule has 2 fully saturated rings. The van der Waals surface area contributed by atoms with Gasteiger partial charge in [0.2, 0.25) is 0 Å². The molecule has 0 radical (unpaired) electrons. The van der Waals surface area contributed by atoms with Crippen LogP contribution in [0.25, 0.3) is 0 Å². The number of amides is 1. The summed E-state index contributed by atoms with van der Waals surface area (Å²) in [6.45, 7) is 3.79. The molecule has 0 aromatic carbocycles. The molecule has 0 heterocycles. The smallest absolute Gasteiger partial charge is 0.259 e. The first-order chi connectivity index (χ1) is 12.8. The van der Waals surface area contributed by atoms with Gasteiger partial charge in [-0.05, 0) is 50.2 Å². The Bertz CT molecular complexity index is 658. The summed E-state index contributed by atoms with van der Waals surface area (Å²) >= 11 is 1.53. The Balaban J connectivity index is 2.11. The number of aliphatic hydroxyl groups is 2. The third-order valence-corrected chi connectivity index (χ3v) is 6.79. The van der Waals surface area contributed by atoms with Crippen molar-refractivity contribution in [1.29, 1.82) is 0 Å². The van der Waals surface area contributed by atoms with Crippen molar-refractivity contribution in [3.8, 4) is 11.8 Å². The van der Waals surface area contributed by atoms with E-state index in [4.69, 9.17) is 0 Å². The van der Waals surface area contributed by atoms with Gasteiger partial charge in [0.15, 0.2) is 0 Å². The topological polar surface area (TPSA) is 60.8 Å². The lowest BCUT2D eigenvalue weighted by Crippen LogP contribution is -2.23. The van der Waals surface area contributed by atoms with E-state index in [1.807, 2.05) is 25.3 Å². The number of thioether (sulfide) groups is 1. The molecular weight excluding hydrogens is 358 g/mol. The number of nitrogens with zero attached hydrogens (tertiary/aromatic N) is 1. The van der Waals surface area contributed by atoms with Crippen molar-refractivity contribution < 1.29 is 15.0 Å². The summed E-state index contributed by atoms with van der Waals surface area (Å²) in [5, 5.41) is 20.9. The van der Waals surface area contributed by atoms with E-state index in [1.54, 1.807) is 25.9 Å². The molecule has 0 bridgehead atoms. The minimum atomic E-state index is -0.550. The minimum Gasteiger partial charge on any atom is -0.392 e. The van der Waals surface area contributed by atoms with Crippen molar-refractivity contribution in [2.75, 3.05) is 20.4 Å². The zero-order valence-corrected chi connectivity index (χ0v) is 17.9. The second-order valence-corrected chi connectivity index (χ2v) is 8.85. The van der Waals surface area contributed by atoms with Crippen molar-refractivity contribution in [2.45, 2.75) is 51.7 Å². The van der Waals surface area contributed by atoms with Crippen LogP contribution in [0, 0.1) is 35.5 Å². The maximum absolute atomic E-state index is 12.4. The summed E-state index contributed by atoms with van der Waals surface area (Å²) in [4.78, 5) is 14.9. The number of carbonyl (C=O) groups excluding carboxylic acids is 1. The van der Waals surface area contributed by atoms with Crippen LogP contribution in [0.5, 0.6) is 0 Å². The number of allylic oxidation sites excluding steroid dienone is 1. The number of hydrogen-bond acceptors (Lipinski definition) is 4. The van der Waals surface area contributed by atoms with Crippen LogP contribution in [-0.4, -0.2) is 53.6 Å². The molecule has 2 saturated carbocycles. The van der Waals surface area contributed by atoms with Gasteiger partial charge in [0.05, 0.1) is 17.1 Å². The van der Waals surface area contributed by atoms with Crippen LogP contribution in [-0.2, 0) is 4.79 Å². The van der Waals surface area contributed by atoms with Crippen LogP contribution in [0.4, 0.5) is 0 Å². The maximum Gasteiger partial charge on any atom is 0.259 e. The van der Waals surface area contributed by atoms with Gasteiger partial charge in [-0.3, -0.25) is 4.79 Å². The summed E-state index contributed by atoms with van der Waals surface area (Å²) in [5.41, 5.74) is 1.23. The standard InChI is InChI=1S/C22H33NO3S/c1-6-7-8-14(2)19(24)10-9-17-18-12-16(11-15(18)13-20(17)25)21(27-5)22(26)23(3)4/h9-10,14-15,17-20,24-25H,8,11-13H2,1-5H3/t14-,15-,17+,18-,19+,20+/m0/s1. The highest BCUT2D eigenvalue weighted by Gasteiger charge is 2.46. The van der Waals surface area contributed by atoms with Crippen molar-refractivity contribution in [1.82, 2.24) is 4.90 Å². The summed E-state index contributed by atoms with van der Waals surface area (Å²) in [6.07, 6.45) is 8.08. The fourth-order valence-electron chi connectivity index (χ4n) is 4.32. The van der Waals surface area contributed by atoms with E-state index < -0.39 is 6.10 Å². The third-order valence-electron chi connectivity index (χ3n) is 5.92. The number of rotatable bonds is 6. The van der Waals surface area contributed by atoms with Gasteiger partial charge in [-0.2, -0.15) is 0 Å². The highest BCUT2D eigenvalue weighted by molar-refractivity contribution is 8.03. The number of carbonyl (C=O) groups is 1. The van der Waals surface area contributed by atoms with Gasteiger partial charge in [-0.25, -0.2) is 0 Å². The van der Waals surface area contributed by atoms with Gasteiger partial charge in [0.1, 0.15) is 0 Å². The molecule has 150 valence electrons. The van der Waals surface area contributed by atoms with Gasteiger partial charge in [-0.15, -0.1) is 23.6 Å². The fourth-order valence-corrected chi connectivity index (χ4v) is 5.13. The van der Waals surface area contributed by atoms with Crippen molar-refractivity contribution in [3.63, 3.8) is 0 Å². The number of aliphatic hydroxyl groups excluding tert-OH is 2. The van der Waals surface area contributed by atoms with Crippen LogP contribution >= 0.6 is 11.8 Å². The molecular formula is C22H33NO3S. The predicted molar refractivity (Wildman–Crippen MR) is 112 cm³/mol. The Morgan fingerprint density at radius 1 is 1.41 bits per heavy atom. The number of likely N-dealkylation sites (N-methyl/N-ethyl adjacent to an activating group) is 1. The normalized spacial score (nSPS) is 31.2. The number of fused-ring (bicyclic) bond motifs is 1. The van der Waals surface area contributed by atoms with Crippen LogP contribution in [0.3, 0.4) is 0 Å². The molecule has 0 spiro atoms. The first kappa shape index (κ1) is 22.1. The molecule has 0 aromatic rings. The van der Waals surface area contributed by atoms with E-state index in [0.29, 0.717) is 18.3 Å². The third kappa shape index (κ3) is 5.19. The summed E-state index contributed by atoms with van der Waals surface area (Å²) in [5.74, 6) is 6.83. The zero-order valence-electron chi connectivity index (χ0n) is 17.1. The molecule has 2 N–H and O–H groups in total. The largest absolute Gasteiger partial charge is 0.392 e. The van der Waals surface area contributed by atoms with E-state index in [-0.39, 0.29) is 23.8 Å². The lowest BCUT2D eigenvalue weighted by Gasteiger charge is -2.20. The first-order valence-corrected chi connectivity index (χ1v) is 10.9. The van der Waals surface area contributed by atoms with Gasteiger partial charge in [0.25, 0.3) is 5.91 Å². The molecule has 0 unspecified atom stereocenters. The van der Waals surface area contributed by atoms with Gasteiger partial charge < -0.3 is 15.1 Å². The van der Waals surface area contributed by atoms with Gasteiger partial charge in [-0.1, -0.05) is 24.6 Å². The van der Waals surface area contributed by atoms with Crippen LogP contribution in [0.2, 0.25) is 0 Å². The Morgan fingerprint density at radius 2 is 2.11 bits per heavy atom. The molecule has 27 heavy (non-hydrogen) atoms. The maximum atomic E-state index is 12.4. The molecule has 1 amide bonds. The molecule has 5 heteroatoms. The summed E-state index contributed by atoms with van der Waals surface area (Å²) in [6, 6.07) is 0. The lowest BCUT2D eigenvalue weighted by molar-refractivity contribution is -0.124. The summed E-state index contributed by atoms with van der Waals surface area (Å²) < 4.78 is 0. The highest BCUT2D eigenvalue weighted by atomic mass is 32.2. The van der Waals surface area contributed by atoms with Crippen LogP contribution < -0.4 is 0 Å². The van der Waals surface area contributed by atoms with E-state index in [1.165, 1.54) is 17.3 Å². The molecule has 2 aliphatic rings. The van der Waals surface area contributed by atoms with Crippen molar-refractivity contribution >= 4 is 17.7 Å². The Hall–Kier alpha value is -1.22. The second-order valence-electron chi connectivity index (χ2n) is 8.03. The SMILES string of the molecule is CC#CC[C@H](C)[C@H](O)C=C[C@@H]1[C@H]2CC(=C(SC)C(=O)N(C)C)C[C@H]2C[C@H]1O. The highest BCUT2D eigenvalue weighted by Crippen LogP contribution is 2.52. The first-order valence-electron chi connectivity index (χ1n) is 9.71. The van der Waals surface area contributed by atoms with E-state index in [2.05, 4.69) is 11.8 Å². The summed E-state index contributed by atoms with van der Waals surface area (Å²) in [7, 11) is 3.57. The molecule has 2 rings (SSSR count). The average Bonchev–Trinajstić information content (AvgIpc) is 3.15. The van der Waals surface area contributed by atoms with E-state index in [9.17, 15) is 15.0 Å². The van der Waals surface area contributed by atoms with E-state index >= 15 is 0 Å². The van der Waals surface area contributed by atoms with Gasteiger partial charge >= 0.3 is 0 Å². The monoisotopic (exact) mass is 391 g/mol. The predicted octanol–water partition coefficient (Wildman–Crippen LogP) is 3.07. The Labute approximate surface area is 168 Å². The molecule has 4 nitrogen and oxygen atoms in total. The molecule has 0 saturated heterocycles. The average molecular weight is 392 g/mol. The molecule has 0 aromatic heterocycles.